The van der Waals surface area contributed by atoms with Gasteiger partial charge < -0.3 is 10.4 Å². The zero-order chi connectivity index (χ0) is 15.6. The van der Waals surface area contributed by atoms with E-state index >= 15 is 0 Å². The van der Waals surface area contributed by atoms with Crippen molar-refractivity contribution in [1.82, 2.24) is 15.0 Å². The highest BCUT2D eigenvalue weighted by molar-refractivity contribution is 9.10. The molecule has 1 amide bonds. The average molecular weight is 361 g/mol. The molecule has 0 spiro atoms. The first-order chi connectivity index (χ1) is 9.86. The Labute approximate surface area is 124 Å². The maximum absolute atomic E-state index is 13.6. The molecular formula is C11H7BrF2N4O3. The van der Waals surface area contributed by atoms with Crippen LogP contribution in [0.2, 0.25) is 0 Å². The molecule has 2 aromatic rings. The van der Waals surface area contributed by atoms with Gasteiger partial charge in [-0.1, -0.05) is 5.21 Å². The minimum atomic E-state index is -1.16. The number of carboxylic acid groups (broad SMARTS) is 1. The summed E-state index contributed by atoms with van der Waals surface area (Å²) in [5, 5.41) is 17.6. The molecule has 0 aliphatic rings. The number of carboxylic acids is 1. The van der Waals surface area contributed by atoms with Crippen molar-refractivity contribution in [1.29, 1.82) is 0 Å². The Morgan fingerprint density at radius 1 is 1.33 bits per heavy atom. The second-order valence-corrected chi connectivity index (χ2v) is 4.75. The van der Waals surface area contributed by atoms with Crippen LogP contribution in [-0.4, -0.2) is 32.0 Å². The van der Waals surface area contributed by atoms with Crippen molar-refractivity contribution < 1.29 is 23.5 Å². The zero-order valence-corrected chi connectivity index (χ0v) is 11.8. The molecule has 0 saturated heterocycles. The number of hydrogen-bond acceptors (Lipinski definition) is 4. The van der Waals surface area contributed by atoms with E-state index < -0.39 is 30.1 Å². The molecule has 21 heavy (non-hydrogen) atoms. The van der Waals surface area contributed by atoms with Crippen LogP contribution >= 0.6 is 15.9 Å². The van der Waals surface area contributed by atoms with Crippen LogP contribution in [0.4, 0.5) is 14.5 Å². The summed E-state index contributed by atoms with van der Waals surface area (Å²) in [5.41, 5.74) is -0.590. The molecule has 7 nitrogen and oxygen atoms in total. The first-order valence-electron chi connectivity index (χ1n) is 5.44. The molecule has 10 heteroatoms. The molecule has 0 radical (unpaired) electrons. The summed E-state index contributed by atoms with van der Waals surface area (Å²) in [6.07, 6.45) is 1.08. The fourth-order valence-corrected chi connectivity index (χ4v) is 1.74. The zero-order valence-electron chi connectivity index (χ0n) is 10.2. The van der Waals surface area contributed by atoms with E-state index in [1.165, 1.54) is 0 Å². The van der Waals surface area contributed by atoms with Crippen LogP contribution in [0.1, 0.15) is 10.5 Å². The predicted molar refractivity (Wildman–Crippen MR) is 69.7 cm³/mol. The number of halogens is 3. The van der Waals surface area contributed by atoms with Crippen LogP contribution in [0, 0.1) is 11.6 Å². The fraction of sp³-hybridized carbons (Fsp3) is 0.0909. The lowest BCUT2D eigenvalue weighted by molar-refractivity contribution is -0.137. The van der Waals surface area contributed by atoms with Gasteiger partial charge in [0, 0.05) is 6.07 Å². The van der Waals surface area contributed by atoms with Gasteiger partial charge in [-0.15, -0.1) is 5.10 Å². The molecule has 1 aromatic heterocycles. The van der Waals surface area contributed by atoms with Gasteiger partial charge in [0.2, 0.25) is 0 Å². The number of hydrogen-bond donors (Lipinski definition) is 2. The number of carbonyl (C=O) groups is 2. The maximum Gasteiger partial charge on any atom is 0.325 e. The highest BCUT2D eigenvalue weighted by atomic mass is 79.9. The highest BCUT2D eigenvalue weighted by Gasteiger charge is 2.15. The largest absolute Gasteiger partial charge is 0.480 e. The van der Waals surface area contributed by atoms with Gasteiger partial charge in [-0.2, -0.15) is 0 Å². The van der Waals surface area contributed by atoms with E-state index in [9.17, 15) is 18.4 Å². The van der Waals surface area contributed by atoms with Crippen molar-refractivity contribution in [2.75, 3.05) is 5.32 Å². The second kappa shape index (κ2) is 5.95. The van der Waals surface area contributed by atoms with Gasteiger partial charge in [0.05, 0.1) is 16.4 Å². The molecule has 1 aromatic carbocycles. The molecule has 0 aliphatic carbocycles. The standard InChI is InChI=1S/C11H7BrF2N4O3/c12-5-1-7(14)8(2-6(5)13)15-11(21)9-3-18(17-16-9)4-10(19)20/h1-3H,4H2,(H,15,21)(H,19,20). The van der Waals surface area contributed by atoms with Crippen LogP contribution in [-0.2, 0) is 11.3 Å². The molecule has 0 saturated carbocycles. The monoisotopic (exact) mass is 360 g/mol. The second-order valence-electron chi connectivity index (χ2n) is 3.90. The molecule has 0 unspecified atom stereocenters. The normalized spacial score (nSPS) is 10.4. The Kier molecular flexibility index (Phi) is 4.26. The van der Waals surface area contributed by atoms with E-state index in [4.69, 9.17) is 5.11 Å². The smallest absolute Gasteiger partial charge is 0.325 e. The number of benzene rings is 1. The van der Waals surface area contributed by atoms with Gasteiger partial charge in [-0.25, -0.2) is 13.5 Å². The van der Waals surface area contributed by atoms with Gasteiger partial charge in [-0.3, -0.25) is 9.59 Å². The Balaban J connectivity index is 2.16. The molecule has 0 atom stereocenters. The molecule has 0 fully saturated rings. The Morgan fingerprint density at radius 3 is 2.71 bits per heavy atom. The summed E-state index contributed by atoms with van der Waals surface area (Å²) in [7, 11) is 0. The van der Waals surface area contributed by atoms with Crippen molar-refractivity contribution >= 4 is 33.5 Å². The summed E-state index contributed by atoms with van der Waals surface area (Å²) < 4.78 is 27.7. The van der Waals surface area contributed by atoms with Crippen molar-refractivity contribution in [2.45, 2.75) is 6.54 Å². The summed E-state index contributed by atoms with van der Waals surface area (Å²) in [6, 6.07) is 1.67. The lowest BCUT2D eigenvalue weighted by Gasteiger charge is -2.05. The molecular weight excluding hydrogens is 354 g/mol. The quantitative estimate of drug-likeness (QED) is 0.808. The van der Waals surface area contributed by atoms with Gasteiger partial charge in [0.1, 0.15) is 18.2 Å². The minimum Gasteiger partial charge on any atom is -0.480 e. The van der Waals surface area contributed by atoms with Crippen LogP contribution in [0.25, 0.3) is 0 Å². The SMILES string of the molecule is O=C(O)Cn1cc(C(=O)Nc2cc(F)c(Br)cc2F)nn1. The van der Waals surface area contributed by atoms with Gasteiger partial charge >= 0.3 is 5.97 Å². The van der Waals surface area contributed by atoms with E-state index in [1.54, 1.807) is 0 Å². The summed E-state index contributed by atoms with van der Waals surface area (Å²) in [6.45, 7) is -0.471. The third kappa shape index (κ3) is 3.60. The third-order valence-corrected chi connectivity index (χ3v) is 2.93. The molecule has 0 aliphatic heterocycles. The van der Waals surface area contributed by atoms with E-state index in [0.717, 1.165) is 23.0 Å². The Hall–Kier alpha value is -2.36. The van der Waals surface area contributed by atoms with E-state index in [-0.39, 0.29) is 15.9 Å². The topological polar surface area (TPSA) is 97.1 Å². The van der Waals surface area contributed by atoms with E-state index in [2.05, 4.69) is 31.6 Å². The van der Waals surface area contributed by atoms with Gasteiger partial charge in [-0.05, 0) is 22.0 Å². The van der Waals surface area contributed by atoms with Crippen LogP contribution in [0.3, 0.4) is 0 Å². The van der Waals surface area contributed by atoms with E-state index in [0.29, 0.717) is 0 Å². The molecule has 2 N–H and O–H groups in total. The lowest BCUT2D eigenvalue weighted by Crippen LogP contribution is -2.14. The first-order valence-corrected chi connectivity index (χ1v) is 6.24. The third-order valence-electron chi connectivity index (χ3n) is 2.33. The van der Waals surface area contributed by atoms with Crippen molar-refractivity contribution in [3.8, 4) is 0 Å². The fourth-order valence-electron chi connectivity index (χ4n) is 1.42. The number of anilines is 1. The number of nitrogens with zero attached hydrogens (tertiary/aromatic N) is 3. The molecule has 2 rings (SSSR count). The minimum absolute atomic E-state index is 0.0783. The van der Waals surface area contributed by atoms with Crippen molar-refractivity contribution in [3.05, 3.63) is 40.1 Å². The molecule has 110 valence electrons. The Bertz CT molecular complexity index is 719. The van der Waals surface area contributed by atoms with Crippen LogP contribution < -0.4 is 5.32 Å². The average Bonchev–Trinajstić information content (AvgIpc) is 2.83. The maximum atomic E-state index is 13.6. The molecule has 0 bridgehead atoms. The van der Waals surface area contributed by atoms with Crippen LogP contribution in [0.5, 0.6) is 0 Å². The highest BCUT2D eigenvalue weighted by Crippen LogP contribution is 2.23. The Morgan fingerprint density at radius 2 is 2.05 bits per heavy atom. The van der Waals surface area contributed by atoms with Gasteiger partial charge in [0.25, 0.3) is 5.91 Å². The summed E-state index contributed by atoms with van der Waals surface area (Å²) in [4.78, 5) is 22.3. The summed E-state index contributed by atoms with van der Waals surface area (Å²) >= 11 is 2.81. The van der Waals surface area contributed by atoms with E-state index in [1.807, 2.05) is 0 Å². The number of nitrogens with one attached hydrogen (secondary N) is 1. The van der Waals surface area contributed by atoms with Crippen molar-refractivity contribution in [2.24, 2.45) is 0 Å². The van der Waals surface area contributed by atoms with Gasteiger partial charge in [0.15, 0.2) is 5.69 Å². The number of aromatic nitrogens is 3. The summed E-state index contributed by atoms with van der Waals surface area (Å²) in [5.74, 6) is -3.59. The number of aliphatic carboxylic acids is 1. The lowest BCUT2D eigenvalue weighted by atomic mass is 10.3. The number of amides is 1. The van der Waals surface area contributed by atoms with Crippen LogP contribution in [0.15, 0.2) is 22.8 Å². The van der Waals surface area contributed by atoms with Crippen molar-refractivity contribution in [3.63, 3.8) is 0 Å². The predicted octanol–water partition coefficient (Wildman–Crippen LogP) is 1.66. The molecule has 1 heterocycles. The number of rotatable bonds is 4. The first kappa shape index (κ1) is 15.0. The number of carbonyl (C=O) groups excluding carboxylic acids is 1.